The first-order chi connectivity index (χ1) is 9.69. The molecule has 1 aromatic heterocycles. The van der Waals surface area contributed by atoms with Crippen LogP contribution in [0.1, 0.15) is 37.2 Å². The largest absolute Gasteiger partial charge is 0.495 e. The van der Waals surface area contributed by atoms with Gasteiger partial charge in [0.25, 0.3) is 0 Å². The minimum atomic E-state index is 0.398. The van der Waals surface area contributed by atoms with Crippen LogP contribution in [0.2, 0.25) is 0 Å². The van der Waals surface area contributed by atoms with E-state index in [1.807, 2.05) is 6.07 Å². The van der Waals surface area contributed by atoms with Gasteiger partial charge < -0.3 is 15.0 Å². The lowest BCUT2D eigenvalue weighted by Crippen LogP contribution is -1.99. The lowest BCUT2D eigenvalue weighted by Gasteiger charge is -2.17. The van der Waals surface area contributed by atoms with E-state index >= 15 is 0 Å². The minimum absolute atomic E-state index is 0.398. The molecule has 0 saturated heterocycles. The van der Waals surface area contributed by atoms with Crippen molar-refractivity contribution in [3.05, 3.63) is 28.2 Å². The molecular formula is C15H17BrN2O2. The molecule has 5 heteroatoms. The number of aromatic nitrogens is 1. The van der Waals surface area contributed by atoms with E-state index in [0.717, 1.165) is 15.8 Å². The van der Waals surface area contributed by atoms with Gasteiger partial charge in [0.1, 0.15) is 5.75 Å². The highest BCUT2D eigenvalue weighted by Crippen LogP contribution is 2.44. The van der Waals surface area contributed by atoms with Crippen molar-refractivity contribution in [1.29, 1.82) is 0 Å². The zero-order valence-electron chi connectivity index (χ0n) is 11.4. The molecule has 3 rings (SSSR count). The monoisotopic (exact) mass is 336 g/mol. The summed E-state index contributed by atoms with van der Waals surface area (Å²) >= 11 is 3.59. The van der Waals surface area contributed by atoms with Crippen LogP contribution in [0.3, 0.4) is 0 Å². The zero-order chi connectivity index (χ0) is 14.1. The number of halogens is 1. The fourth-order valence-corrected chi connectivity index (χ4v) is 3.57. The molecule has 106 valence electrons. The maximum atomic E-state index is 5.63. The summed E-state index contributed by atoms with van der Waals surface area (Å²) < 4.78 is 11.8. The average Bonchev–Trinajstić information content (AvgIpc) is 3.08. The first-order valence-corrected chi connectivity index (χ1v) is 7.58. The molecule has 1 aromatic carbocycles. The molecule has 0 aliphatic heterocycles. The smallest absolute Gasteiger partial charge is 0.169 e. The Labute approximate surface area is 126 Å². The number of methoxy groups -OCH3 is 1. The highest BCUT2D eigenvalue weighted by atomic mass is 79.9. The van der Waals surface area contributed by atoms with Gasteiger partial charge in [0.2, 0.25) is 0 Å². The Morgan fingerprint density at radius 3 is 2.65 bits per heavy atom. The average molecular weight is 337 g/mol. The van der Waals surface area contributed by atoms with Crippen molar-refractivity contribution in [2.24, 2.45) is 0 Å². The zero-order valence-corrected chi connectivity index (χ0v) is 12.9. The quantitative estimate of drug-likeness (QED) is 0.904. The molecule has 0 bridgehead atoms. The third kappa shape index (κ3) is 2.42. The van der Waals surface area contributed by atoms with Crippen LogP contribution in [0, 0.1) is 0 Å². The Balaban J connectivity index is 2.08. The van der Waals surface area contributed by atoms with Gasteiger partial charge in [0, 0.05) is 11.6 Å². The molecule has 1 saturated carbocycles. The van der Waals surface area contributed by atoms with Gasteiger partial charge in [-0.2, -0.15) is 0 Å². The second kappa shape index (κ2) is 5.48. The Bertz CT molecular complexity index is 618. The Morgan fingerprint density at radius 2 is 2.05 bits per heavy atom. The summed E-state index contributed by atoms with van der Waals surface area (Å²) in [4.78, 5) is 0. The van der Waals surface area contributed by atoms with Crippen LogP contribution in [0.15, 0.2) is 27.2 Å². The molecule has 0 atom stereocenters. The van der Waals surface area contributed by atoms with Crippen molar-refractivity contribution in [2.75, 3.05) is 12.8 Å². The number of anilines is 1. The van der Waals surface area contributed by atoms with Gasteiger partial charge in [-0.1, -0.05) is 18.0 Å². The van der Waals surface area contributed by atoms with Gasteiger partial charge in [-0.15, -0.1) is 0 Å². The predicted molar refractivity (Wildman–Crippen MR) is 81.8 cm³/mol. The first kappa shape index (κ1) is 13.5. The Morgan fingerprint density at radius 1 is 1.30 bits per heavy atom. The summed E-state index contributed by atoms with van der Waals surface area (Å²) in [5.41, 5.74) is 7.84. The van der Waals surface area contributed by atoms with E-state index in [0.29, 0.717) is 17.5 Å². The topological polar surface area (TPSA) is 61.3 Å². The van der Waals surface area contributed by atoms with Crippen molar-refractivity contribution in [3.8, 4) is 17.1 Å². The fourth-order valence-electron chi connectivity index (χ4n) is 2.94. The first-order valence-electron chi connectivity index (χ1n) is 6.79. The standard InChI is InChI=1S/C15H17BrN2O2/c1-19-15-11(9-4-2-3-5-9)6-10(7-12(15)16)13-8-14(17)18-20-13/h6-9H,2-5H2,1H3,(H2,17,18). The molecule has 2 N–H and O–H groups in total. The molecule has 2 aromatic rings. The lowest BCUT2D eigenvalue weighted by molar-refractivity contribution is 0.402. The molecule has 1 aliphatic rings. The molecule has 1 heterocycles. The third-order valence-corrected chi connectivity index (χ3v) is 4.47. The van der Waals surface area contributed by atoms with E-state index in [1.54, 1.807) is 13.2 Å². The second-order valence-corrected chi connectivity index (χ2v) is 6.03. The van der Waals surface area contributed by atoms with Crippen LogP contribution in [-0.4, -0.2) is 12.3 Å². The van der Waals surface area contributed by atoms with Crippen LogP contribution >= 0.6 is 15.9 Å². The summed E-state index contributed by atoms with van der Waals surface area (Å²) in [5, 5.41) is 3.75. The highest BCUT2D eigenvalue weighted by Gasteiger charge is 2.23. The van der Waals surface area contributed by atoms with Gasteiger partial charge in [0.15, 0.2) is 11.6 Å². The van der Waals surface area contributed by atoms with Gasteiger partial charge in [-0.3, -0.25) is 0 Å². The normalized spacial score (nSPS) is 15.7. The van der Waals surface area contributed by atoms with E-state index in [2.05, 4.69) is 27.2 Å². The van der Waals surface area contributed by atoms with Crippen LogP contribution in [-0.2, 0) is 0 Å². The van der Waals surface area contributed by atoms with Crippen LogP contribution in [0.4, 0.5) is 5.82 Å². The summed E-state index contributed by atoms with van der Waals surface area (Å²) in [6.07, 6.45) is 4.99. The van der Waals surface area contributed by atoms with Crippen molar-refractivity contribution < 1.29 is 9.26 Å². The third-order valence-electron chi connectivity index (χ3n) is 3.88. The number of nitrogen functional groups attached to an aromatic ring is 1. The maximum absolute atomic E-state index is 5.63. The summed E-state index contributed by atoms with van der Waals surface area (Å²) in [5.74, 6) is 2.56. The highest BCUT2D eigenvalue weighted by molar-refractivity contribution is 9.10. The summed E-state index contributed by atoms with van der Waals surface area (Å²) in [7, 11) is 1.71. The van der Waals surface area contributed by atoms with E-state index in [-0.39, 0.29) is 0 Å². The lowest BCUT2D eigenvalue weighted by atomic mass is 9.94. The number of hydrogen-bond donors (Lipinski definition) is 1. The molecular weight excluding hydrogens is 320 g/mol. The molecule has 0 radical (unpaired) electrons. The second-order valence-electron chi connectivity index (χ2n) is 5.18. The molecule has 0 unspecified atom stereocenters. The van der Waals surface area contributed by atoms with Gasteiger partial charge in [0.05, 0.1) is 11.6 Å². The van der Waals surface area contributed by atoms with Crippen LogP contribution in [0.25, 0.3) is 11.3 Å². The molecule has 1 aliphatic carbocycles. The Hall–Kier alpha value is -1.49. The summed E-state index contributed by atoms with van der Waals surface area (Å²) in [6.45, 7) is 0. The molecule has 0 amide bonds. The number of ether oxygens (including phenoxy) is 1. The number of hydrogen-bond acceptors (Lipinski definition) is 4. The maximum Gasteiger partial charge on any atom is 0.169 e. The predicted octanol–water partition coefficient (Wildman–Crippen LogP) is 4.35. The van der Waals surface area contributed by atoms with Crippen molar-refractivity contribution in [1.82, 2.24) is 5.16 Å². The fraction of sp³-hybridized carbons (Fsp3) is 0.400. The SMILES string of the molecule is COc1c(Br)cc(-c2cc(N)no2)cc1C1CCCC1. The van der Waals surface area contributed by atoms with E-state index < -0.39 is 0 Å². The Kier molecular flexibility index (Phi) is 3.70. The van der Waals surface area contributed by atoms with Crippen molar-refractivity contribution in [3.63, 3.8) is 0 Å². The number of rotatable bonds is 3. The molecule has 1 fully saturated rings. The van der Waals surface area contributed by atoms with Gasteiger partial charge in [-0.25, -0.2) is 0 Å². The van der Waals surface area contributed by atoms with Crippen molar-refractivity contribution in [2.45, 2.75) is 31.6 Å². The number of nitrogens with two attached hydrogens (primary N) is 1. The minimum Gasteiger partial charge on any atom is -0.495 e. The molecule has 4 nitrogen and oxygen atoms in total. The van der Waals surface area contributed by atoms with Crippen LogP contribution < -0.4 is 10.5 Å². The van der Waals surface area contributed by atoms with Gasteiger partial charge >= 0.3 is 0 Å². The summed E-state index contributed by atoms with van der Waals surface area (Å²) in [6, 6.07) is 5.86. The van der Waals surface area contributed by atoms with E-state index in [4.69, 9.17) is 15.0 Å². The van der Waals surface area contributed by atoms with Crippen LogP contribution in [0.5, 0.6) is 5.75 Å². The number of nitrogens with zero attached hydrogens (tertiary/aromatic N) is 1. The van der Waals surface area contributed by atoms with E-state index in [1.165, 1.54) is 31.2 Å². The van der Waals surface area contributed by atoms with Gasteiger partial charge in [-0.05, 0) is 52.4 Å². The molecule has 0 spiro atoms. The molecule has 20 heavy (non-hydrogen) atoms. The van der Waals surface area contributed by atoms with E-state index in [9.17, 15) is 0 Å². The number of benzene rings is 1. The van der Waals surface area contributed by atoms with Crippen molar-refractivity contribution >= 4 is 21.7 Å².